The van der Waals surface area contributed by atoms with Gasteiger partial charge in [-0.2, -0.15) is 0 Å². The van der Waals surface area contributed by atoms with E-state index in [2.05, 4.69) is 14.9 Å². The summed E-state index contributed by atoms with van der Waals surface area (Å²) in [5.74, 6) is -1.56. The van der Waals surface area contributed by atoms with E-state index in [9.17, 15) is 30.6 Å². The standard InChI is InChI=1S/C6H9N7O7/c1-6(2,12(16)17)11(15)7-4-5(8-20-10(4)14)9(3)13(18)19/h1-3H3. The molecule has 0 aliphatic rings. The summed E-state index contributed by atoms with van der Waals surface area (Å²) < 4.78 is 4.08. The first-order chi connectivity index (χ1) is 9.09. The van der Waals surface area contributed by atoms with Crippen LogP contribution < -0.4 is 9.91 Å². The fourth-order valence-electron chi connectivity index (χ4n) is 0.878. The molecule has 0 fully saturated rings. The molecule has 0 saturated carbocycles. The zero-order chi connectivity index (χ0) is 15.7. The number of anilines is 1. The van der Waals surface area contributed by atoms with E-state index in [1.807, 2.05) is 0 Å². The number of azo groups is 1. The van der Waals surface area contributed by atoms with Crippen LogP contribution in [0.5, 0.6) is 0 Å². The molecule has 0 unspecified atom stereocenters. The number of hydrogen-bond acceptors (Lipinski definition) is 9. The second-order valence-electron chi connectivity index (χ2n) is 3.96. The molecule has 20 heavy (non-hydrogen) atoms. The van der Waals surface area contributed by atoms with Gasteiger partial charge in [0.25, 0.3) is 0 Å². The molecule has 0 saturated heterocycles. The molecule has 0 radical (unpaired) electrons. The van der Waals surface area contributed by atoms with Gasteiger partial charge in [-0.15, -0.1) is 0 Å². The number of hydroxylamine groups is 1. The summed E-state index contributed by atoms with van der Waals surface area (Å²) in [6.45, 7) is 1.87. The average molecular weight is 291 g/mol. The van der Waals surface area contributed by atoms with Crippen molar-refractivity contribution in [2.75, 3.05) is 12.1 Å². The van der Waals surface area contributed by atoms with Crippen LogP contribution in [0.15, 0.2) is 9.74 Å². The lowest BCUT2D eigenvalue weighted by atomic mass is 10.3. The lowest BCUT2D eigenvalue weighted by Gasteiger charge is -2.08. The van der Waals surface area contributed by atoms with Gasteiger partial charge in [-0.3, -0.25) is 10.1 Å². The maximum atomic E-state index is 11.6. The molecule has 1 heterocycles. The van der Waals surface area contributed by atoms with Crippen molar-refractivity contribution < 1.29 is 24.3 Å². The quantitative estimate of drug-likeness (QED) is 0.173. The molecule has 0 bridgehead atoms. The second kappa shape index (κ2) is 4.90. The highest BCUT2D eigenvalue weighted by Crippen LogP contribution is 2.23. The minimum Gasteiger partial charge on any atom is -0.582 e. The first kappa shape index (κ1) is 15.0. The summed E-state index contributed by atoms with van der Waals surface area (Å²) in [7, 11) is 0.921. The van der Waals surface area contributed by atoms with Crippen LogP contribution in [-0.4, -0.2) is 32.7 Å². The SMILES string of the molecule is CN(c1no[n+]([O-])c1N=[N+]([O-])C(C)(C)[N+](=O)[O-])[N+](=O)[O-]. The third-order valence-electron chi connectivity index (χ3n) is 2.23. The lowest BCUT2D eigenvalue weighted by Crippen LogP contribution is -2.40. The predicted octanol–water partition coefficient (Wildman–Crippen LogP) is -0.457. The Hall–Kier alpha value is -3.06. The Kier molecular flexibility index (Phi) is 3.68. The Morgan fingerprint density at radius 2 is 1.90 bits per heavy atom. The van der Waals surface area contributed by atoms with E-state index in [1.54, 1.807) is 0 Å². The monoisotopic (exact) mass is 291 g/mol. The lowest BCUT2D eigenvalue weighted by molar-refractivity contribution is -0.820. The van der Waals surface area contributed by atoms with Gasteiger partial charge in [-0.25, -0.2) is 10.1 Å². The smallest absolute Gasteiger partial charge is 0.445 e. The summed E-state index contributed by atoms with van der Waals surface area (Å²) in [4.78, 5) is 19.5. The first-order valence-electron chi connectivity index (χ1n) is 4.90. The van der Waals surface area contributed by atoms with Crippen LogP contribution in [0.4, 0.5) is 11.6 Å². The van der Waals surface area contributed by atoms with Crippen LogP contribution in [0.2, 0.25) is 0 Å². The van der Waals surface area contributed by atoms with Crippen molar-refractivity contribution in [2.45, 2.75) is 19.5 Å². The van der Waals surface area contributed by atoms with Gasteiger partial charge in [0.05, 0.1) is 30.7 Å². The average Bonchev–Trinajstić information content (AvgIpc) is 2.69. The fourth-order valence-corrected chi connectivity index (χ4v) is 0.878. The molecular formula is C6H9N7O7. The molecule has 0 amide bonds. The van der Waals surface area contributed by atoms with Crippen molar-refractivity contribution >= 4 is 11.6 Å². The summed E-state index contributed by atoms with van der Waals surface area (Å²) in [6.07, 6.45) is 0. The third kappa shape index (κ3) is 2.52. The zero-order valence-corrected chi connectivity index (χ0v) is 10.5. The predicted molar refractivity (Wildman–Crippen MR) is 57.6 cm³/mol. The van der Waals surface area contributed by atoms with E-state index in [1.165, 1.54) is 0 Å². The largest absolute Gasteiger partial charge is 0.582 e. The van der Waals surface area contributed by atoms with Crippen LogP contribution in [-0.2, 0) is 0 Å². The van der Waals surface area contributed by atoms with Crippen LogP contribution in [0.25, 0.3) is 0 Å². The van der Waals surface area contributed by atoms with Crippen molar-refractivity contribution in [2.24, 2.45) is 5.11 Å². The minimum atomic E-state index is -2.19. The van der Waals surface area contributed by atoms with Crippen molar-refractivity contribution in [3.63, 3.8) is 0 Å². The van der Waals surface area contributed by atoms with Gasteiger partial charge in [0, 0.05) is 5.16 Å². The van der Waals surface area contributed by atoms with Crippen LogP contribution in [0.3, 0.4) is 0 Å². The first-order valence-corrected chi connectivity index (χ1v) is 4.90. The van der Waals surface area contributed by atoms with E-state index in [4.69, 9.17) is 0 Å². The molecule has 0 aromatic carbocycles. The molecule has 0 aliphatic carbocycles. The van der Waals surface area contributed by atoms with Crippen LogP contribution >= 0.6 is 0 Å². The Labute approximate surface area is 109 Å². The van der Waals surface area contributed by atoms with E-state index in [-0.39, 0.29) is 14.8 Å². The zero-order valence-electron chi connectivity index (χ0n) is 10.5. The number of nitro groups is 2. The Morgan fingerprint density at radius 3 is 2.35 bits per heavy atom. The highest BCUT2D eigenvalue weighted by atomic mass is 16.8. The maximum absolute atomic E-state index is 11.6. The second-order valence-corrected chi connectivity index (χ2v) is 3.96. The van der Waals surface area contributed by atoms with Gasteiger partial charge in [-0.05, 0) is 4.90 Å². The molecule has 1 aromatic rings. The third-order valence-corrected chi connectivity index (χ3v) is 2.23. The van der Waals surface area contributed by atoms with Gasteiger partial charge in [0.15, 0.2) is 10.1 Å². The van der Waals surface area contributed by atoms with Crippen LogP contribution in [0.1, 0.15) is 13.8 Å². The van der Waals surface area contributed by atoms with Crippen molar-refractivity contribution in [3.05, 3.63) is 30.6 Å². The normalized spacial score (nSPS) is 12.2. The number of nitrogens with zero attached hydrogens (tertiary/aromatic N) is 7. The van der Waals surface area contributed by atoms with Crippen molar-refractivity contribution in [1.82, 2.24) is 5.16 Å². The number of hydrazine groups is 1. The molecule has 0 atom stereocenters. The van der Waals surface area contributed by atoms with E-state index >= 15 is 0 Å². The molecule has 1 rings (SSSR count). The molecule has 14 nitrogen and oxygen atoms in total. The molecule has 1 aromatic heterocycles. The summed E-state index contributed by atoms with van der Waals surface area (Å²) in [5, 5.41) is 49.5. The van der Waals surface area contributed by atoms with Crippen molar-refractivity contribution in [1.29, 1.82) is 0 Å². The number of rotatable bonds is 5. The van der Waals surface area contributed by atoms with Crippen LogP contribution in [0, 0.1) is 30.6 Å². The highest BCUT2D eigenvalue weighted by molar-refractivity contribution is 5.49. The van der Waals surface area contributed by atoms with E-state index in [0.29, 0.717) is 0 Å². The molecule has 14 heteroatoms. The summed E-state index contributed by atoms with van der Waals surface area (Å²) in [6, 6.07) is 0. The summed E-state index contributed by atoms with van der Waals surface area (Å²) >= 11 is 0. The molecule has 0 aliphatic heterocycles. The van der Waals surface area contributed by atoms with Gasteiger partial charge in [0.2, 0.25) is 0 Å². The minimum absolute atomic E-state index is 0.268. The Morgan fingerprint density at radius 1 is 1.35 bits per heavy atom. The molecule has 0 spiro atoms. The molecule has 0 N–H and O–H groups in total. The number of aromatic nitrogens is 2. The summed E-state index contributed by atoms with van der Waals surface area (Å²) in [5.41, 5.74) is -2.19. The van der Waals surface area contributed by atoms with Gasteiger partial charge in [0.1, 0.15) is 0 Å². The van der Waals surface area contributed by atoms with Gasteiger partial charge < -0.3 is 15.0 Å². The fraction of sp³-hybridized carbons (Fsp3) is 0.667. The van der Waals surface area contributed by atoms with Gasteiger partial charge >= 0.3 is 17.3 Å². The maximum Gasteiger partial charge on any atom is 0.445 e. The Bertz CT molecular complexity index is 578. The van der Waals surface area contributed by atoms with E-state index < -0.39 is 27.3 Å². The molecule has 110 valence electrons. The van der Waals surface area contributed by atoms with Gasteiger partial charge in [-0.1, -0.05) is 5.01 Å². The van der Waals surface area contributed by atoms with E-state index in [0.717, 1.165) is 20.9 Å². The topological polar surface area (TPSA) is 181 Å². The number of hydrogen-bond donors (Lipinski definition) is 0. The Balaban J connectivity index is 3.31. The molecular weight excluding hydrogens is 282 g/mol. The highest BCUT2D eigenvalue weighted by Gasteiger charge is 2.45. The van der Waals surface area contributed by atoms with Crippen molar-refractivity contribution in [3.8, 4) is 0 Å².